The summed E-state index contributed by atoms with van der Waals surface area (Å²) in [6.07, 6.45) is 2.98. The van der Waals surface area contributed by atoms with E-state index < -0.39 is 10.5 Å². The van der Waals surface area contributed by atoms with Crippen LogP contribution in [-0.4, -0.2) is 36.0 Å². The summed E-state index contributed by atoms with van der Waals surface area (Å²) in [5.41, 5.74) is -0.00438. The minimum atomic E-state index is -0.503. The summed E-state index contributed by atoms with van der Waals surface area (Å²) in [6.45, 7) is 3.63. The van der Waals surface area contributed by atoms with Gasteiger partial charge in [-0.1, -0.05) is 12.1 Å². The molecule has 1 amide bonds. The molecule has 3 N–H and O–H groups in total. The van der Waals surface area contributed by atoms with Gasteiger partial charge in [0.1, 0.15) is 5.69 Å². The number of nitrogens with one attached hydrogen (secondary N) is 3. The molecule has 0 bridgehead atoms. The van der Waals surface area contributed by atoms with Crippen molar-refractivity contribution in [3.8, 4) is 0 Å². The third-order valence-electron chi connectivity index (χ3n) is 3.95. The highest BCUT2D eigenvalue weighted by Crippen LogP contribution is 2.22. The van der Waals surface area contributed by atoms with Crippen LogP contribution in [0.2, 0.25) is 0 Å². The summed E-state index contributed by atoms with van der Waals surface area (Å²) in [4.78, 5) is 22.7. The molecule has 1 aliphatic heterocycles. The standard InChI is InChI=1S/C15H22N4O3.ClH/c1-15(8-4-5-9-18-15)14(20)17-11-10-16-12-6-2-3-7-13(12)19(21)22;/h2-3,6-7,16,18H,4-5,8-11H2,1H3,(H,17,20);1H. The number of carbonyl (C=O) groups is 1. The number of para-hydroxylation sites is 2. The maximum absolute atomic E-state index is 12.2. The van der Waals surface area contributed by atoms with Crippen LogP contribution in [0.3, 0.4) is 0 Å². The smallest absolute Gasteiger partial charge is 0.292 e. The zero-order valence-corrected chi connectivity index (χ0v) is 13.9. The van der Waals surface area contributed by atoms with Crippen molar-refractivity contribution in [2.75, 3.05) is 25.0 Å². The van der Waals surface area contributed by atoms with Gasteiger partial charge in [0.15, 0.2) is 0 Å². The topological polar surface area (TPSA) is 96.3 Å². The first-order chi connectivity index (χ1) is 10.5. The van der Waals surface area contributed by atoms with Gasteiger partial charge in [-0.25, -0.2) is 0 Å². The molecule has 0 aliphatic carbocycles. The molecule has 23 heavy (non-hydrogen) atoms. The lowest BCUT2D eigenvalue weighted by atomic mass is 9.90. The number of piperidine rings is 1. The molecule has 1 saturated heterocycles. The van der Waals surface area contributed by atoms with E-state index in [0.717, 1.165) is 25.8 Å². The van der Waals surface area contributed by atoms with E-state index in [9.17, 15) is 14.9 Å². The lowest BCUT2D eigenvalue weighted by Crippen LogP contribution is -2.57. The average molecular weight is 343 g/mol. The molecule has 0 saturated carbocycles. The van der Waals surface area contributed by atoms with E-state index in [-0.39, 0.29) is 24.0 Å². The van der Waals surface area contributed by atoms with Gasteiger partial charge in [0, 0.05) is 19.2 Å². The third-order valence-corrected chi connectivity index (χ3v) is 3.95. The lowest BCUT2D eigenvalue weighted by Gasteiger charge is -2.33. The van der Waals surface area contributed by atoms with Crippen LogP contribution >= 0.6 is 12.4 Å². The second kappa shape index (κ2) is 8.69. The number of nitrogens with zero attached hydrogens (tertiary/aromatic N) is 1. The number of rotatable bonds is 6. The van der Waals surface area contributed by atoms with Gasteiger partial charge in [0.2, 0.25) is 5.91 Å². The zero-order valence-electron chi connectivity index (χ0n) is 13.1. The van der Waals surface area contributed by atoms with Crippen molar-refractivity contribution in [3.63, 3.8) is 0 Å². The zero-order chi connectivity index (χ0) is 16.0. The largest absolute Gasteiger partial charge is 0.378 e. The maximum Gasteiger partial charge on any atom is 0.292 e. The summed E-state index contributed by atoms with van der Waals surface area (Å²) in [6, 6.07) is 6.47. The van der Waals surface area contributed by atoms with E-state index in [2.05, 4.69) is 16.0 Å². The summed E-state index contributed by atoms with van der Waals surface area (Å²) >= 11 is 0. The van der Waals surface area contributed by atoms with Crippen LogP contribution < -0.4 is 16.0 Å². The fraction of sp³-hybridized carbons (Fsp3) is 0.533. The van der Waals surface area contributed by atoms with Gasteiger partial charge in [-0.3, -0.25) is 14.9 Å². The number of hydrogen-bond donors (Lipinski definition) is 3. The number of nitro groups is 1. The molecule has 1 fully saturated rings. The van der Waals surface area contributed by atoms with Crippen molar-refractivity contribution in [1.29, 1.82) is 0 Å². The molecule has 1 aliphatic rings. The maximum atomic E-state index is 12.2. The van der Waals surface area contributed by atoms with Gasteiger partial charge in [-0.05, 0) is 38.8 Å². The molecule has 128 valence electrons. The second-order valence-electron chi connectivity index (χ2n) is 5.67. The van der Waals surface area contributed by atoms with Crippen molar-refractivity contribution in [2.45, 2.75) is 31.7 Å². The van der Waals surface area contributed by atoms with Crippen LogP contribution in [0.15, 0.2) is 24.3 Å². The van der Waals surface area contributed by atoms with E-state index >= 15 is 0 Å². The molecule has 2 rings (SSSR count). The fourth-order valence-corrected chi connectivity index (χ4v) is 2.60. The SMILES string of the molecule is CC1(C(=O)NCCNc2ccccc2[N+](=O)[O-])CCCCN1.Cl. The van der Waals surface area contributed by atoms with Crippen molar-refractivity contribution in [2.24, 2.45) is 0 Å². The highest BCUT2D eigenvalue weighted by Gasteiger charge is 2.33. The predicted octanol–water partition coefficient (Wildman–Crippen LogP) is 2.08. The Morgan fingerprint density at radius 2 is 2.09 bits per heavy atom. The number of nitro benzene ring substituents is 1. The molecule has 7 nitrogen and oxygen atoms in total. The minimum Gasteiger partial charge on any atom is -0.378 e. The fourth-order valence-electron chi connectivity index (χ4n) is 2.60. The molecule has 8 heteroatoms. The molecule has 1 aromatic rings. The Labute approximate surface area is 141 Å². The van der Waals surface area contributed by atoms with Crippen LogP contribution in [0, 0.1) is 10.1 Å². The molecular weight excluding hydrogens is 320 g/mol. The molecular formula is C15H23ClN4O3. The Balaban J connectivity index is 0.00000264. The number of carbonyl (C=O) groups excluding carboxylic acids is 1. The van der Waals surface area contributed by atoms with Crippen molar-refractivity contribution in [1.82, 2.24) is 10.6 Å². The van der Waals surface area contributed by atoms with Gasteiger partial charge < -0.3 is 16.0 Å². The summed E-state index contributed by atoms with van der Waals surface area (Å²) in [7, 11) is 0. The lowest BCUT2D eigenvalue weighted by molar-refractivity contribution is -0.384. The quantitative estimate of drug-likeness (QED) is 0.418. The summed E-state index contributed by atoms with van der Waals surface area (Å²) in [5.74, 6) is -0.0171. The van der Waals surface area contributed by atoms with Gasteiger partial charge in [-0.15, -0.1) is 12.4 Å². The van der Waals surface area contributed by atoms with Gasteiger partial charge in [-0.2, -0.15) is 0 Å². The van der Waals surface area contributed by atoms with Crippen LogP contribution in [0.1, 0.15) is 26.2 Å². The van der Waals surface area contributed by atoms with Gasteiger partial charge in [0.05, 0.1) is 10.5 Å². The Hall–Kier alpha value is -1.86. The Bertz CT molecular complexity index is 547. The molecule has 1 unspecified atom stereocenters. The van der Waals surface area contributed by atoms with E-state index in [1.54, 1.807) is 18.2 Å². The summed E-state index contributed by atoms with van der Waals surface area (Å²) in [5, 5.41) is 20.0. The number of amides is 1. The summed E-state index contributed by atoms with van der Waals surface area (Å²) < 4.78 is 0. The second-order valence-corrected chi connectivity index (χ2v) is 5.67. The van der Waals surface area contributed by atoms with E-state index in [0.29, 0.717) is 18.8 Å². The molecule has 0 spiro atoms. The number of benzene rings is 1. The molecule has 1 atom stereocenters. The minimum absolute atomic E-state index is 0. The number of halogens is 1. The van der Waals surface area contributed by atoms with Crippen LogP contribution in [0.5, 0.6) is 0 Å². The third kappa shape index (κ3) is 5.07. The van der Waals surface area contributed by atoms with E-state index in [1.807, 2.05) is 6.92 Å². The van der Waals surface area contributed by atoms with Crippen LogP contribution in [-0.2, 0) is 4.79 Å². The Morgan fingerprint density at radius 1 is 1.35 bits per heavy atom. The highest BCUT2D eigenvalue weighted by atomic mass is 35.5. The highest BCUT2D eigenvalue weighted by molar-refractivity contribution is 5.86. The first kappa shape index (κ1) is 19.2. The molecule has 1 aromatic carbocycles. The van der Waals surface area contributed by atoms with E-state index in [1.165, 1.54) is 6.07 Å². The average Bonchev–Trinajstić information content (AvgIpc) is 2.52. The molecule has 1 heterocycles. The van der Waals surface area contributed by atoms with Crippen molar-refractivity contribution < 1.29 is 9.72 Å². The Kier molecular flexibility index (Phi) is 7.25. The number of anilines is 1. The normalized spacial score (nSPS) is 20.2. The monoisotopic (exact) mass is 342 g/mol. The van der Waals surface area contributed by atoms with Crippen molar-refractivity contribution >= 4 is 29.7 Å². The number of hydrogen-bond acceptors (Lipinski definition) is 5. The Morgan fingerprint density at radius 3 is 2.74 bits per heavy atom. The van der Waals surface area contributed by atoms with E-state index in [4.69, 9.17) is 0 Å². The van der Waals surface area contributed by atoms with Crippen LogP contribution in [0.4, 0.5) is 11.4 Å². The van der Waals surface area contributed by atoms with Gasteiger partial charge >= 0.3 is 0 Å². The van der Waals surface area contributed by atoms with Crippen molar-refractivity contribution in [3.05, 3.63) is 34.4 Å². The first-order valence-electron chi connectivity index (χ1n) is 7.53. The van der Waals surface area contributed by atoms with Crippen LogP contribution in [0.25, 0.3) is 0 Å². The predicted molar refractivity (Wildman–Crippen MR) is 92.1 cm³/mol. The molecule has 0 aromatic heterocycles. The molecule has 0 radical (unpaired) electrons. The van der Waals surface area contributed by atoms with Gasteiger partial charge in [0.25, 0.3) is 5.69 Å². The first-order valence-corrected chi connectivity index (χ1v) is 7.53.